The quantitative estimate of drug-likeness (QED) is 0.332. The molecule has 0 aliphatic rings. The monoisotopic (exact) mass is 437 g/mol. The molecular weight excluding hydrogens is 418 g/mol. The summed E-state index contributed by atoms with van der Waals surface area (Å²) in [6, 6.07) is 21.4. The molecule has 0 aliphatic heterocycles. The van der Waals surface area contributed by atoms with Gasteiger partial charge in [0.15, 0.2) is 11.5 Å². The zero-order chi connectivity index (χ0) is 22.1. The zero-order valence-corrected chi connectivity index (χ0v) is 17.4. The Morgan fingerprint density at radius 2 is 1.71 bits per heavy atom. The zero-order valence-electron chi connectivity index (χ0n) is 16.7. The van der Waals surface area contributed by atoms with Gasteiger partial charge in [0, 0.05) is 10.7 Å². The Balaban J connectivity index is 1.55. The number of rotatable bonds is 7. The average molecular weight is 438 g/mol. The molecule has 0 bridgehead atoms. The minimum absolute atomic E-state index is 0.406. The smallest absolute Gasteiger partial charge is 0.329 e. The molecule has 7 nitrogen and oxygen atoms in total. The van der Waals surface area contributed by atoms with E-state index in [1.807, 2.05) is 30.3 Å². The minimum atomic E-state index is -0.902. The van der Waals surface area contributed by atoms with Gasteiger partial charge in [-0.15, -0.1) is 0 Å². The number of hydrazone groups is 1. The Morgan fingerprint density at radius 1 is 0.968 bits per heavy atom. The fourth-order valence-electron chi connectivity index (χ4n) is 2.56. The van der Waals surface area contributed by atoms with E-state index in [0.717, 1.165) is 5.56 Å². The highest BCUT2D eigenvalue weighted by molar-refractivity contribution is 6.39. The summed E-state index contributed by atoms with van der Waals surface area (Å²) in [5.74, 6) is -0.649. The minimum Gasteiger partial charge on any atom is -0.493 e. The second kappa shape index (κ2) is 10.8. The van der Waals surface area contributed by atoms with Gasteiger partial charge in [-0.3, -0.25) is 9.59 Å². The highest BCUT2D eigenvalue weighted by atomic mass is 35.5. The molecule has 8 heteroatoms. The number of methoxy groups -OCH3 is 1. The molecule has 0 saturated heterocycles. The van der Waals surface area contributed by atoms with E-state index >= 15 is 0 Å². The van der Waals surface area contributed by atoms with Gasteiger partial charge in [0.05, 0.1) is 13.3 Å². The molecule has 0 radical (unpaired) electrons. The molecule has 3 aromatic rings. The second-order valence-electron chi connectivity index (χ2n) is 6.34. The summed E-state index contributed by atoms with van der Waals surface area (Å²) >= 11 is 5.79. The van der Waals surface area contributed by atoms with Gasteiger partial charge in [0.25, 0.3) is 0 Å². The molecule has 0 atom stereocenters. The number of hydrogen-bond acceptors (Lipinski definition) is 5. The summed E-state index contributed by atoms with van der Waals surface area (Å²) in [5.41, 5.74) is 4.32. The molecule has 0 spiro atoms. The van der Waals surface area contributed by atoms with E-state index in [1.165, 1.54) is 13.3 Å². The second-order valence-corrected chi connectivity index (χ2v) is 6.78. The van der Waals surface area contributed by atoms with Gasteiger partial charge in [0.2, 0.25) is 0 Å². The van der Waals surface area contributed by atoms with Crippen LogP contribution in [0.25, 0.3) is 0 Å². The maximum atomic E-state index is 11.9. The van der Waals surface area contributed by atoms with Gasteiger partial charge in [-0.1, -0.05) is 41.9 Å². The van der Waals surface area contributed by atoms with Gasteiger partial charge in [-0.25, -0.2) is 5.43 Å². The number of ether oxygens (including phenoxy) is 2. The first-order chi connectivity index (χ1) is 15.0. The number of anilines is 1. The van der Waals surface area contributed by atoms with E-state index in [0.29, 0.717) is 34.4 Å². The van der Waals surface area contributed by atoms with Crippen LogP contribution in [0, 0.1) is 0 Å². The lowest BCUT2D eigenvalue weighted by molar-refractivity contribution is -0.136. The normalized spacial score (nSPS) is 10.5. The van der Waals surface area contributed by atoms with Crippen molar-refractivity contribution in [2.75, 3.05) is 12.4 Å². The van der Waals surface area contributed by atoms with Crippen molar-refractivity contribution in [2.45, 2.75) is 6.61 Å². The number of benzene rings is 3. The highest BCUT2D eigenvalue weighted by Crippen LogP contribution is 2.28. The van der Waals surface area contributed by atoms with Crippen LogP contribution in [0.4, 0.5) is 5.69 Å². The Bertz CT molecular complexity index is 1070. The Labute approximate surface area is 184 Å². The molecular formula is C23H20ClN3O4. The Kier molecular flexibility index (Phi) is 7.61. The first-order valence-electron chi connectivity index (χ1n) is 9.30. The lowest BCUT2D eigenvalue weighted by Crippen LogP contribution is -2.32. The molecule has 0 saturated carbocycles. The van der Waals surface area contributed by atoms with Crippen molar-refractivity contribution in [3.8, 4) is 11.5 Å². The average Bonchev–Trinajstić information content (AvgIpc) is 2.80. The number of carbonyl (C=O) groups is 2. The maximum absolute atomic E-state index is 11.9. The third kappa shape index (κ3) is 6.58. The summed E-state index contributed by atoms with van der Waals surface area (Å²) in [4.78, 5) is 23.8. The maximum Gasteiger partial charge on any atom is 0.329 e. The van der Waals surface area contributed by atoms with E-state index in [9.17, 15) is 9.59 Å². The number of halogens is 1. The predicted octanol–water partition coefficient (Wildman–Crippen LogP) is 4.02. The Hall–Kier alpha value is -3.84. The van der Waals surface area contributed by atoms with E-state index in [4.69, 9.17) is 21.1 Å². The molecule has 3 rings (SSSR count). The molecule has 158 valence electrons. The third-order valence-corrected chi connectivity index (χ3v) is 4.36. The van der Waals surface area contributed by atoms with E-state index in [-0.39, 0.29) is 0 Å². The molecule has 0 heterocycles. The first-order valence-corrected chi connectivity index (χ1v) is 9.67. The molecule has 0 unspecified atom stereocenters. The predicted molar refractivity (Wildman–Crippen MR) is 120 cm³/mol. The standard InChI is InChI=1S/C23H20ClN3O4/c1-30-21-13-17(7-12-20(21)31-15-16-5-3-2-4-6-16)14-25-27-23(29)22(28)26-19-10-8-18(24)9-11-19/h2-14H,15H2,1H3,(H,26,28)(H,27,29)/b25-14+. The van der Waals surface area contributed by atoms with Crippen molar-refractivity contribution in [3.63, 3.8) is 0 Å². The van der Waals surface area contributed by atoms with Gasteiger partial charge in [-0.05, 0) is 53.6 Å². The van der Waals surface area contributed by atoms with Crippen molar-refractivity contribution in [2.24, 2.45) is 5.10 Å². The summed E-state index contributed by atoms with van der Waals surface area (Å²) in [5, 5.41) is 6.79. The summed E-state index contributed by atoms with van der Waals surface area (Å²) in [6.07, 6.45) is 1.40. The molecule has 0 aliphatic carbocycles. The number of nitrogens with one attached hydrogen (secondary N) is 2. The SMILES string of the molecule is COc1cc(/C=N/NC(=O)C(=O)Nc2ccc(Cl)cc2)ccc1OCc1ccccc1. The number of carbonyl (C=O) groups excluding carboxylic acids is 2. The molecule has 3 aromatic carbocycles. The fourth-order valence-corrected chi connectivity index (χ4v) is 2.68. The molecule has 0 aromatic heterocycles. The van der Waals surface area contributed by atoms with Crippen molar-refractivity contribution >= 4 is 35.3 Å². The number of amides is 2. The molecule has 31 heavy (non-hydrogen) atoms. The van der Waals surface area contributed by atoms with Gasteiger partial charge in [-0.2, -0.15) is 5.10 Å². The van der Waals surface area contributed by atoms with Crippen LogP contribution in [0.1, 0.15) is 11.1 Å². The molecule has 0 fully saturated rings. The number of hydrogen-bond donors (Lipinski definition) is 2. The molecule has 2 amide bonds. The van der Waals surface area contributed by atoms with E-state index in [2.05, 4.69) is 15.8 Å². The van der Waals surface area contributed by atoms with Gasteiger partial charge >= 0.3 is 11.8 Å². The van der Waals surface area contributed by atoms with Crippen molar-refractivity contribution in [1.29, 1.82) is 0 Å². The van der Waals surface area contributed by atoms with Crippen molar-refractivity contribution in [1.82, 2.24) is 5.43 Å². The van der Waals surface area contributed by atoms with Crippen LogP contribution in [0.15, 0.2) is 77.9 Å². The van der Waals surface area contributed by atoms with Crippen LogP contribution in [0.5, 0.6) is 11.5 Å². The van der Waals surface area contributed by atoms with Crippen LogP contribution < -0.4 is 20.2 Å². The molecule has 2 N–H and O–H groups in total. The first kappa shape index (κ1) is 21.9. The van der Waals surface area contributed by atoms with Gasteiger partial charge < -0.3 is 14.8 Å². The van der Waals surface area contributed by atoms with Crippen LogP contribution in [-0.2, 0) is 16.2 Å². The van der Waals surface area contributed by atoms with Crippen LogP contribution in [0.3, 0.4) is 0 Å². The van der Waals surface area contributed by atoms with E-state index < -0.39 is 11.8 Å². The largest absolute Gasteiger partial charge is 0.493 e. The summed E-state index contributed by atoms with van der Waals surface area (Å²) in [6.45, 7) is 0.406. The lowest BCUT2D eigenvalue weighted by atomic mass is 10.2. The Morgan fingerprint density at radius 3 is 2.42 bits per heavy atom. The summed E-state index contributed by atoms with van der Waals surface area (Å²) in [7, 11) is 1.54. The van der Waals surface area contributed by atoms with Gasteiger partial charge in [0.1, 0.15) is 6.61 Å². The lowest BCUT2D eigenvalue weighted by Gasteiger charge is -2.11. The van der Waals surface area contributed by atoms with Crippen LogP contribution >= 0.6 is 11.6 Å². The van der Waals surface area contributed by atoms with Crippen LogP contribution in [-0.4, -0.2) is 25.1 Å². The topological polar surface area (TPSA) is 89.0 Å². The van der Waals surface area contributed by atoms with E-state index in [1.54, 1.807) is 42.5 Å². The highest BCUT2D eigenvalue weighted by Gasteiger charge is 2.13. The third-order valence-electron chi connectivity index (χ3n) is 4.11. The number of nitrogens with zero attached hydrogens (tertiary/aromatic N) is 1. The summed E-state index contributed by atoms with van der Waals surface area (Å²) < 4.78 is 11.2. The van der Waals surface area contributed by atoms with Crippen molar-refractivity contribution < 1.29 is 19.1 Å². The fraction of sp³-hybridized carbons (Fsp3) is 0.0870. The van der Waals surface area contributed by atoms with Crippen LogP contribution in [0.2, 0.25) is 5.02 Å². The van der Waals surface area contributed by atoms with Crippen molar-refractivity contribution in [3.05, 3.63) is 88.9 Å².